The summed E-state index contributed by atoms with van der Waals surface area (Å²) in [6.07, 6.45) is 1.67. The van der Waals surface area contributed by atoms with Crippen molar-refractivity contribution in [3.63, 3.8) is 0 Å². The number of amides is 1. The van der Waals surface area contributed by atoms with E-state index in [2.05, 4.69) is 5.10 Å². The first-order valence-corrected chi connectivity index (χ1v) is 6.54. The van der Waals surface area contributed by atoms with Crippen LogP contribution in [-0.2, 0) is 13.1 Å². The standard InChI is InChI=1S/C14H16N4O3/c1-3-17-11(8-9-15-17)10-16(2)14(19)12-6-4-5-7-13(12)18(20)21/h4-9H,3,10H2,1-2H3. The molecule has 2 aromatic rings. The Hall–Kier alpha value is -2.70. The van der Waals surface area contributed by atoms with Gasteiger partial charge in [0.1, 0.15) is 5.56 Å². The lowest BCUT2D eigenvalue weighted by atomic mass is 10.1. The highest BCUT2D eigenvalue weighted by Crippen LogP contribution is 2.19. The number of para-hydroxylation sites is 1. The molecule has 21 heavy (non-hydrogen) atoms. The molecule has 0 saturated heterocycles. The van der Waals surface area contributed by atoms with Crippen LogP contribution in [0, 0.1) is 10.1 Å². The molecule has 1 heterocycles. The lowest BCUT2D eigenvalue weighted by molar-refractivity contribution is -0.385. The Morgan fingerprint density at radius 1 is 1.38 bits per heavy atom. The van der Waals surface area contributed by atoms with E-state index >= 15 is 0 Å². The Morgan fingerprint density at radius 3 is 2.76 bits per heavy atom. The normalized spacial score (nSPS) is 10.4. The fraction of sp³-hybridized carbons (Fsp3) is 0.286. The summed E-state index contributed by atoms with van der Waals surface area (Å²) in [5, 5.41) is 15.1. The zero-order valence-corrected chi connectivity index (χ0v) is 11.9. The van der Waals surface area contributed by atoms with Gasteiger partial charge in [-0.05, 0) is 19.1 Å². The molecule has 0 bridgehead atoms. The Bertz CT molecular complexity index is 666. The Morgan fingerprint density at radius 2 is 2.10 bits per heavy atom. The Labute approximate surface area is 121 Å². The first-order valence-electron chi connectivity index (χ1n) is 6.54. The number of aromatic nitrogens is 2. The van der Waals surface area contributed by atoms with Crippen LogP contribution in [-0.4, -0.2) is 32.6 Å². The number of aryl methyl sites for hydroxylation is 1. The summed E-state index contributed by atoms with van der Waals surface area (Å²) in [6.45, 7) is 3.01. The second kappa shape index (κ2) is 6.17. The highest BCUT2D eigenvalue weighted by molar-refractivity contribution is 5.97. The summed E-state index contributed by atoms with van der Waals surface area (Å²) in [4.78, 5) is 24.3. The second-order valence-corrected chi connectivity index (χ2v) is 4.57. The van der Waals surface area contributed by atoms with E-state index in [4.69, 9.17) is 0 Å². The van der Waals surface area contributed by atoms with Crippen molar-refractivity contribution in [1.29, 1.82) is 0 Å². The predicted octanol–water partition coefficient (Wildman–Crippen LogP) is 2.08. The molecule has 0 atom stereocenters. The van der Waals surface area contributed by atoms with Crippen molar-refractivity contribution in [2.24, 2.45) is 0 Å². The van der Waals surface area contributed by atoms with Gasteiger partial charge >= 0.3 is 0 Å². The summed E-state index contributed by atoms with van der Waals surface area (Å²) in [5.74, 6) is -0.383. The van der Waals surface area contributed by atoms with Gasteiger partial charge in [-0.2, -0.15) is 5.10 Å². The smallest absolute Gasteiger partial charge is 0.282 e. The van der Waals surface area contributed by atoms with Crippen LogP contribution in [0.3, 0.4) is 0 Å². The third kappa shape index (κ3) is 3.07. The first kappa shape index (κ1) is 14.7. The lowest BCUT2D eigenvalue weighted by Crippen LogP contribution is -2.28. The fourth-order valence-electron chi connectivity index (χ4n) is 2.11. The van der Waals surface area contributed by atoms with E-state index in [1.807, 2.05) is 13.0 Å². The Kier molecular flexibility index (Phi) is 4.32. The van der Waals surface area contributed by atoms with Crippen molar-refractivity contribution in [2.75, 3.05) is 7.05 Å². The van der Waals surface area contributed by atoms with Crippen LogP contribution >= 0.6 is 0 Å². The maximum Gasteiger partial charge on any atom is 0.282 e. The van der Waals surface area contributed by atoms with Gasteiger partial charge in [-0.3, -0.25) is 19.6 Å². The van der Waals surface area contributed by atoms with Crippen molar-refractivity contribution in [2.45, 2.75) is 20.0 Å². The van der Waals surface area contributed by atoms with Gasteiger partial charge in [0, 0.05) is 25.9 Å². The van der Waals surface area contributed by atoms with Gasteiger partial charge in [0.2, 0.25) is 0 Å². The number of rotatable bonds is 5. The van der Waals surface area contributed by atoms with E-state index in [9.17, 15) is 14.9 Å². The minimum Gasteiger partial charge on any atom is -0.336 e. The predicted molar refractivity (Wildman–Crippen MR) is 76.8 cm³/mol. The van der Waals surface area contributed by atoms with E-state index in [0.717, 1.165) is 5.69 Å². The number of nitro groups is 1. The van der Waals surface area contributed by atoms with Gasteiger partial charge in [0.05, 0.1) is 17.2 Å². The van der Waals surface area contributed by atoms with Gasteiger partial charge in [-0.25, -0.2) is 0 Å². The number of carbonyl (C=O) groups excluding carboxylic acids is 1. The molecule has 7 nitrogen and oxygen atoms in total. The SMILES string of the molecule is CCn1nccc1CN(C)C(=O)c1ccccc1[N+](=O)[O-]. The molecule has 0 radical (unpaired) electrons. The average molecular weight is 288 g/mol. The first-order chi connectivity index (χ1) is 10.0. The molecular formula is C14H16N4O3. The number of benzene rings is 1. The molecule has 0 saturated carbocycles. The summed E-state index contributed by atoms with van der Waals surface area (Å²) in [5.41, 5.74) is 0.790. The van der Waals surface area contributed by atoms with E-state index in [-0.39, 0.29) is 17.2 Å². The molecule has 0 aliphatic rings. The van der Waals surface area contributed by atoms with Gasteiger partial charge in [0.15, 0.2) is 0 Å². The third-order valence-electron chi connectivity index (χ3n) is 3.18. The minimum absolute atomic E-state index is 0.0903. The number of carbonyl (C=O) groups is 1. The quantitative estimate of drug-likeness (QED) is 0.623. The minimum atomic E-state index is -0.544. The van der Waals surface area contributed by atoms with Crippen LogP contribution in [0.4, 0.5) is 5.69 Å². The maximum absolute atomic E-state index is 12.4. The van der Waals surface area contributed by atoms with Crippen molar-refractivity contribution in [3.05, 3.63) is 57.9 Å². The largest absolute Gasteiger partial charge is 0.336 e. The molecule has 1 aromatic carbocycles. The second-order valence-electron chi connectivity index (χ2n) is 4.57. The molecule has 7 heteroatoms. The zero-order valence-electron chi connectivity index (χ0n) is 11.9. The van der Waals surface area contributed by atoms with Crippen LogP contribution < -0.4 is 0 Å². The molecule has 2 rings (SSSR count). The van der Waals surface area contributed by atoms with Gasteiger partial charge in [0.25, 0.3) is 11.6 Å². The molecule has 0 unspecified atom stereocenters. The summed E-state index contributed by atoms with van der Waals surface area (Å²) < 4.78 is 1.78. The van der Waals surface area contributed by atoms with Crippen LogP contribution in [0.25, 0.3) is 0 Å². The van der Waals surface area contributed by atoms with Crippen molar-refractivity contribution >= 4 is 11.6 Å². The maximum atomic E-state index is 12.4. The lowest BCUT2D eigenvalue weighted by Gasteiger charge is -2.17. The van der Waals surface area contributed by atoms with Crippen LogP contribution in [0.15, 0.2) is 36.5 Å². The number of nitro benzene ring substituents is 1. The van der Waals surface area contributed by atoms with Gasteiger partial charge in [-0.15, -0.1) is 0 Å². The molecule has 0 spiro atoms. The number of nitrogens with zero attached hydrogens (tertiary/aromatic N) is 4. The monoisotopic (exact) mass is 288 g/mol. The summed E-state index contributed by atoms with van der Waals surface area (Å²) in [6, 6.07) is 7.78. The van der Waals surface area contributed by atoms with Crippen molar-refractivity contribution in [1.82, 2.24) is 14.7 Å². The Balaban J connectivity index is 2.22. The molecule has 0 aliphatic carbocycles. The molecule has 110 valence electrons. The highest BCUT2D eigenvalue weighted by atomic mass is 16.6. The van der Waals surface area contributed by atoms with Crippen molar-refractivity contribution < 1.29 is 9.72 Å². The van der Waals surface area contributed by atoms with E-state index < -0.39 is 4.92 Å². The zero-order chi connectivity index (χ0) is 15.4. The van der Waals surface area contributed by atoms with Crippen LogP contribution in [0.2, 0.25) is 0 Å². The van der Waals surface area contributed by atoms with Gasteiger partial charge in [-0.1, -0.05) is 12.1 Å². The summed E-state index contributed by atoms with van der Waals surface area (Å²) in [7, 11) is 1.62. The molecule has 1 aromatic heterocycles. The van der Waals surface area contributed by atoms with Gasteiger partial charge < -0.3 is 4.90 Å². The molecular weight excluding hydrogens is 272 g/mol. The van der Waals surface area contributed by atoms with Crippen molar-refractivity contribution in [3.8, 4) is 0 Å². The number of hydrogen-bond acceptors (Lipinski definition) is 4. The number of hydrogen-bond donors (Lipinski definition) is 0. The molecule has 0 N–H and O–H groups in total. The fourth-order valence-corrected chi connectivity index (χ4v) is 2.11. The molecule has 1 amide bonds. The van der Waals surface area contributed by atoms with E-state index in [1.165, 1.54) is 17.0 Å². The van der Waals surface area contributed by atoms with E-state index in [0.29, 0.717) is 13.1 Å². The third-order valence-corrected chi connectivity index (χ3v) is 3.18. The average Bonchev–Trinajstić information content (AvgIpc) is 2.93. The molecule has 0 aliphatic heterocycles. The van der Waals surface area contributed by atoms with E-state index in [1.54, 1.807) is 30.1 Å². The van der Waals surface area contributed by atoms with Crippen LogP contribution in [0.1, 0.15) is 23.0 Å². The molecule has 0 fully saturated rings. The summed E-state index contributed by atoms with van der Waals surface area (Å²) >= 11 is 0. The highest BCUT2D eigenvalue weighted by Gasteiger charge is 2.22. The topological polar surface area (TPSA) is 81.3 Å². The van der Waals surface area contributed by atoms with Crippen LogP contribution in [0.5, 0.6) is 0 Å².